The summed E-state index contributed by atoms with van der Waals surface area (Å²) in [4.78, 5) is 0.732. The van der Waals surface area contributed by atoms with E-state index in [9.17, 15) is 0 Å². The highest BCUT2D eigenvalue weighted by molar-refractivity contribution is 9.09. The minimum absolute atomic E-state index is 0.732. The van der Waals surface area contributed by atoms with Gasteiger partial charge >= 0.3 is 0 Å². The monoisotopic (exact) mass is 318 g/mol. The van der Waals surface area contributed by atoms with Gasteiger partial charge in [0.25, 0.3) is 0 Å². The normalized spacial score (nSPS) is 14.7. The Hall–Kier alpha value is 0.480. The Morgan fingerprint density at radius 1 is 0.722 bits per heavy atom. The van der Waals surface area contributed by atoms with Gasteiger partial charge in [-0.2, -0.15) is 0 Å². The highest BCUT2D eigenvalue weighted by atomic mass is 79.9. The van der Waals surface area contributed by atoms with Crippen LogP contribution in [0.3, 0.4) is 0 Å². The van der Waals surface area contributed by atoms with E-state index >= 15 is 0 Å². The van der Waals surface area contributed by atoms with Crippen LogP contribution in [-0.4, -0.2) is 4.83 Å². The lowest BCUT2D eigenvalue weighted by atomic mass is 9.97. The van der Waals surface area contributed by atoms with Crippen molar-refractivity contribution in [1.82, 2.24) is 0 Å². The maximum Gasteiger partial charge on any atom is 0.0168 e. The van der Waals surface area contributed by atoms with Crippen LogP contribution in [0.4, 0.5) is 0 Å². The third-order valence-corrected chi connectivity index (χ3v) is 5.57. The molecule has 2 atom stereocenters. The van der Waals surface area contributed by atoms with Crippen LogP contribution in [0.2, 0.25) is 0 Å². The van der Waals surface area contributed by atoms with Crippen molar-refractivity contribution in [1.29, 1.82) is 0 Å². The smallest absolute Gasteiger partial charge is 0.0168 e. The number of hydrogen-bond acceptors (Lipinski definition) is 0. The molecule has 0 bridgehead atoms. The van der Waals surface area contributed by atoms with Crippen LogP contribution < -0.4 is 0 Å². The first-order valence-corrected chi connectivity index (χ1v) is 9.28. The Morgan fingerprint density at radius 3 is 1.61 bits per heavy atom. The van der Waals surface area contributed by atoms with Crippen LogP contribution in [0.5, 0.6) is 0 Å². The highest BCUT2D eigenvalue weighted by Crippen LogP contribution is 2.22. The summed E-state index contributed by atoms with van der Waals surface area (Å²) in [5, 5.41) is 0. The van der Waals surface area contributed by atoms with Crippen LogP contribution >= 0.6 is 15.9 Å². The van der Waals surface area contributed by atoms with Gasteiger partial charge in [0.15, 0.2) is 0 Å². The van der Waals surface area contributed by atoms with Crippen molar-refractivity contribution < 1.29 is 0 Å². The van der Waals surface area contributed by atoms with Crippen LogP contribution in [0, 0.1) is 5.92 Å². The van der Waals surface area contributed by atoms with Gasteiger partial charge in [-0.25, -0.2) is 0 Å². The molecular weight excluding hydrogens is 284 g/mol. The van der Waals surface area contributed by atoms with E-state index in [4.69, 9.17) is 0 Å². The Balaban J connectivity index is 3.11. The zero-order valence-electron chi connectivity index (χ0n) is 13.0. The predicted octanol–water partition coefficient (Wildman–Crippen LogP) is 7.11. The topological polar surface area (TPSA) is 0 Å². The van der Waals surface area contributed by atoms with E-state index in [0.717, 1.165) is 10.7 Å². The molecule has 0 aromatic rings. The Bertz CT molecular complexity index is 156. The molecule has 0 nitrogen and oxygen atoms in total. The maximum absolute atomic E-state index is 3.77. The first-order valence-electron chi connectivity index (χ1n) is 8.36. The molecule has 0 radical (unpaired) electrons. The quantitative estimate of drug-likeness (QED) is 0.251. The summed E-state index contributed by atoms with van der Waals surface area (Å²) in [5.41, 5.74) is 0. The zero-order valence-corrected chi connectivity index (χ0v) is 14.6. The molecule has 0 saturated heterocycles. The van der Waals surface area contributed by atoms with Crippen molar-refractivity contribution in [2.45, 2.75) is 103 Å². The largest absolute Gasteiger partial charge is 0.0888 e. The fraction of sp³-hybridized carbons (Fsp3) is 1.00. The molecule has 110 valence electrons. The molecule has 0 spiro atoms. The van der Waals surface area contributed by atoms with Crippen LogP contribution in [-0.2, 0) is 0 Å². The van der Waals surface area contributed by atoms with E-state index in [2.05, 4.69) is 36.7 Å². The second kappa shape index (κ2) is 13.9. The molecule has 1 heteroatoms. The van der Waals surface area contributed by atoms with Gasteiger partial charge in [-0.1, -0.05) is 101 Å². The molecular formula is C17H35Br. The summed E-state index contributed by atoms with van der Waals surface area (Å²) in [7, 11) is 0. The summed E-state index contributed by atoms with van der Waals surface area (Å²) in [6, 6.07) is 0. The third kappa shape index (κ3) is 11.6. The lowest BCUT2D eigenvalue weighted by Crippen LogP contribution is -2.09. The second-order valence-electron chi connectivity index (χ2n) is 5.87. The fourth-order valence-electron chi connectivity index (χ4n) is 2.54. The molecule has 18 heavy (non-hydrogen) atoms. The molecule has 0 fully saturated rings. The van der Waals surface area contributed by atoms with Gasteiger partial charge in [0.05, 0.1) is 0 Å². The molecule has 0 heterocycles. The summed E-state index contributed by atoms with van der Waals surface area (Å²) in [6.45, 7) is 6.95. The standard InChI is InChI=1S/C17H35Br/c1-4-6-7-8-9-10-11-12-13-14-15-16(3)17(18)5-2/h16-17H,4-15H2,1-3H3. The van der Waals surface area contributed by atoms with E-state index in [0.29, 0.717) is 0 Å². The van der Waals surface area contributed by atoms with Crippen LogP contribution in [0.1, 0.15) is 97.8 Å². The maximum atomic E-state index is 3.77. The fourth-order valence-corrected chi connectivity index (χ4v) is 2.80. The second-order valence-corrected chi connectivity index (χ2v) is 7.05. The molecule has 0 amide bonds. The lowest BCUT2D eigenvalue weighted by Gasteiger charge is -2.16. The van der Waals surface area contributed by atoms with Crippen LogP contribution in [0.15, 0.2) is 0 Å². The Kier molecular flexibility index (Phi) is 14.3. The van der Waals surface area contributed by atoms with E-state index in [1.807, 2.05) is 0 Å². The number of alkyl halides is 1. The molecule has 0 N–H and O–H groups in total. The minimum atomic E-state index is 0.732. The Morgan fingerprint density at radius 2 is 1.17 bits per heavy atom. The summed E-state index contributed by atoms with van der Waals surface area (Å²) < 4.78 is 0. The molecule has 0 saturated carbocycles. The van der Waals surface area contributed by atoms with Gasteiger partial charge in [-0.15, -0.1) is 0 Å². The predicted molar refractivity (Wildman–Crippen MR) is 88.6 cm³/mol. The van der Waals surface area contributed by atoms with E-state index in [1.54, 1.807) is 0 Å². The molecule has 0 rings (SSSR count). The molecule has 2 unspecified atom stereocenters. The summed E-state index contributed by atoms with van der Waals surface area (Å²) >= 11 is 3.77. The number of halogens is 1. The van der Waals surface area contributed by atoms with Gasteiger partial charge in [0.2, 0.25) is 0 Å². The number of rotatable bonds is 13. The van der Waals surface area contributed by atoms with Crippen molar-refractivity contribution >= 4 is 15.9 Å². The summed E-state index contributed by atoms with van der Waals surface area (Å²) in [5.74, 6) is 0.851. The number of hydrogen-bond donors (Lipinski definition) is 0. The van der Waals surface area contributed by atoms with Gasteiger partial charge in [0.1, 0.15) is 0 Å². The average Bonchev–Trinajstić information content (AvgIpc) is 2.39. The van der Waals surface area contributed by atoms with Crippen molar-refractivity contribution in [2.24, 2.45) is 5.92 Å². The van der Waals surface area contributed by atoms with Gasteiger partial charge in [0, 0.05) is 4.83 Å². The first kappa shape index (κ1) is 18.5. The Labute approximate surface area is 124 Å². The summed E-state index contributed by atoms with van der Waals surface area (Å²) in [6.07, 6.45) is 17.1. The van der Waals surface area contributed by atoms with E-state index in [-0.39, 0.29) is 0 Å². The van der Waals surface area contributed by atoms with Crippen molar-refractivity contribution in [3.63, 3.8) is 0 Å². The van der Waals surface area contributed by atoms with Crippen molar-refractivity contribution in [3.8, 4) is 0 Å². The van der Waals surface area contributed by atoms with E-state index < -0.39 is 0 Å². The van der Waals surface area contributed by atoms with Crippen LogP contribution in [0.25, 0.3) is 0 Å². The first-order chi connectivity index (χ1) is 8.72. The molecule has 0 aliphatic rings. The van der Waals surface area contributed by atoms with Gasteiger partial charge in [-0.3, -0.25) is 0 Å². The highest BCUT2D eigenvalue weighted by Gasteiger charge is 2.10. The molecule has 0 aliphatic heterocycles. The SMILES string of the molecule is CCCCCCCCCCCCC(C)C(Br)CC. The molecule has 0 aromatic heterocycles. The van der Waals surface area contributed by atoms with E-state index in [1.165, 1.54) is 77.0 Å². The van der Waals surface area contributed by atoms with Gasteiger partial charge < -0.3 is 0 Å². The third-order valence-electron chi connectivity index (χ3n) is 4.02. The number of unbranched alkanes of at least 4 members (excludes halogenated alkanes) is 9. The lowest BCUT2D eigenvalue weighted by molar-refractivity contribution is 0.464. The average molecular weight is 319 g/mol. The van der Waals surface area contributed by atoms with Crippen molar-refractivity contribution in [2.75, 3.05) is 0 Å². The molecule has 0 aliphatic carbocycles. The van der Waals surface area contributed by atoms with Crippen molar-refractivity contribution in [3.05, 3.63) is 0 Å². The van der Waals surface area contributed by atoms with Gasteiger partial charge in [-0.05, 0) is 18.8 Å². The molecule has 0 aromatic carbocycles. The minimum Gasteiger partial charge on any atom is -0.0888 e. The zero-order chi connectivity index (χ0) is 13.6.